The van der Waals surface area contributed by atoms with E-state index in [1.807, 2.05) is 30.3 Å². The minimum atomic E-state index is -3.72. The number of ether oxygens (including phenoxy) is 2. The number of piperidine rings is 1. The third-order valence-electron chi connectivity index (χ3n) is 7.50. The van der Waals surface area contributed by atoms with Crippen LogP contribution in [-0.4, -0.2) is 71.0 Å². The molecular formula is C31H34N4O6S. The van der Waals surface area contributed by atoms with E-state index in [1.165, 1.54) is 14.2 Å². The van der Waals surface area contributed by atoms with Gasteiger partial charge < -0.3 is 19.7 Å². The van der Waals surface area contributed by atoms with Gasteiger partial charge in [-0.2, -0.15) is 0 Å². The Kier molecular flexibility index (Phi) is 8.49. The Balaban J connectivity index is 1.50. The molecule has 220 valence electrons. The zero-order valence-corrected chi connectivity index (χ0v) is 24.7. The highest BCUT2D eigenvalue weighted by atomic mass is 32.2. The number of hydrogen-bond donors (Lipinski definition) is 1. The van der Waals surface area contributed by atoms with Gasteiger partial charge in [0.05, 0.1) is 37.6 Å². The molecule has 0 spiro atoms. The molecule has 1 atom stereocenters. The van der Waals surface area contributed by atoms with Crippen LogP contribution in [0.4, 0.5) is 17.1 Å². The maximum Gasteiger partial charge on any atom is 0.243 e. The third-order valence-corrected chi connectivity index (χ3v) is 8.65. The average Bonchev–Trinajstić information content (AvgIpc) is 3.32. The zero-order valence-electron chi connectivity index (χ0n) is 23.9. The lowest BCUT2D eigenvalue weighted by atomic mass is 9.90. The minimum Gasteiger partial charge on any atom is -0.493 e. The quantitative estimate of drug-likeness (QED) is 0.371. The summed E-state index contributed by atoms with van der Waals surface area (Å²) in [4.78, 5) is 32.9. The van der Waals surface area contributed by atoms with Crippen LogP contribution in [0.1, 0.15) is 36.3 Å². The summed E-state index contributed by atoms with van der Waals surface area (Å²) in [5.41, 5.74) is 3.49. The number of methoxy groups -OCH3 is 2. The van der Waals surface area contributed by atoms with Crippen molar-refractivity contribution in [3.05, 3.63) is 77.9 Å². The number of amides is 2. The van der Waals surface area contributed by atoms with Gasteiger partial charge in [-0.05, 0) is 60.7 Å². The van der Waals surface area contributed by atoms with Crippen LogP contribution in [-0.2, 0) is 19.6 Å². The molecular weight excluding hydrogens is 556 g/mol. The number of sulfonamides is 1. The highest BCUT2D eigenvalue weighted by molar-refractivity contribution is 7.92. The number of fused-ring (bicyclic) bond motifs is 1. The molecule has 11 heteroatoms. The number of benzene rings is 3. The SMILES string of the molecule is COc1cc2c(cc1OC)C(C(=Nc1ccc(N(CC(=O)N3CCCCC3)S(C)(=O)=O)cc1)c1ccccc1)C(=O)N2. The Morgan fingerprint density at radius 2 is 1.62 bits per heavy atom. The van der Waals surface area contributed by atoms with Crippen LogP contribution >= 0.6 is 0 Å². The van der Waals surface area contributed by atoms with Gasteiger partial charge in [0.25, 0.3) is 0 Å². The van der Waals surface area contributed by atoms with Crippen molar-refractivity contribution >= 4 is 44.6 Å². The molecule has 2 aliphatic heterocycles. The van der Waals surface area contributed by atoms with E-state index in [2.05, 4.69) is 5.32 Å². The second-order valence-electron chi connectivity index (χ2n) is 10.3. The van der Waals surface area contributed by atoms with Crippen molar-refractivity contribution in [2.45, 2.75) is 25.2 Å². The molecule has 2 amide bonds. The van der Waals surface area contributed by atoms with Crippen LogP contribution in [0.25, 0.3) is 0 Å². The van der Waals surface area contributed by atoms with Crippen molar-refractivity contribution < 1.29 is 27.5 Å². The third kappa shape index (κ3) is 6.11. The first kappa shape index (κ1) is 29.1. The Hall–Kier alpha value is -4.38. The van der Waals surface area contributed by atoms with Crippen LogP contribution in [0.15, 0.2) is 71.7 Å². The number of hydrogen-bond acceptors (Lipinski definition) is 7. The van der Waals surface area contributed by atoms with Crippen LogP contribution in [0.5, 0.6) is 11.5 Å². The lowest BCUT2D eigenvalue weighted by molar-refractivity contribution is -0.130. The van der Waals surface area contributed by atoms with E-state index < -0.39 is 15.9 Å². The van der Waals surface area contributed by atoms with E-state index in [-0.39, 0.29) is 18.4 Å². The van der Waals surface area contributed by atoms with Crippen LogP contribution < -0.4 is 19.1 Å². The van der Waals surface area contributed by atoms with E-state index in [0.29, 0.717) is 52.9 Å². The maximum absolute atomic E-state index is 13.3. The summed E-state index contributed by atoms with van der Waals surface area (Å²) in [7, 11) is -0.648. The topological polar surface area (TPSA) is 118 Å². The van der Waals surface area contributed by atoms with Crippen molar-refractivity contribution in [1.29, 1.82) is 0 Å². The zero-order chi connectivity index (χ0) is 29.9. The summed E-state index contributed by atoms with van der Waals surface area (Å²) in [6, 6.07) is 19.5. The fourth-order valence-electron chi connectivity index (χ4n) is 5.36. The largest absolute Gasteiger partial charge is 0.493 e. The number of nitrogens with one attached hydrogen (secondary N) is 1. The molecule has 3 aromatic rings. The molecule has 10 nitrogen and oxygen atoms in total. The van der Waals surface area contributed by atoms with Crippen molar-refractivity contribution in [2.75, 3.05) is 49.7 Å². The molecule has 1 saturated heterocycles. The monoisotopic (exact) mass is 590 g/mol. The Labute approximate surface area is 246 Å². The number of nitrogens with zero attached hydrogens (tertiary/aromatic N) is 3. The van der Waals surface area contributed by atoms with Crippen molar-refractivity contribution in [1.82, 2.24) is 4.90 Å². The molecule has 0 bridgehead atoms. The van der Waals surface area contributed by atoms with Gasteiger partial charge in [-0.1, -0.05) is 30.3 Å². The second kappa shape index (κ2) is 12.2. The summed E-state index contributed by atoms with van der Waals surface area (Å²) in [5, 5.41) is 2.93. The number of aliphatic imine (C=N–C) groups is 1. The van der Waals surface area contributed by atoms with Gasteiger partial charge in [0.2, 0.25) is 21.8 Å². The second-order valence-corrected chi connectivity index (χ2v) is 12.2. The molecule has 0 radical (unpaired) electrons. The molecule has 1 unspecified atom stereocenters. The van der Waals surface area contributed by atoms with Gasteiger partial charge in [0.1, 0.15) is 12.5 Å². The first-order chi connectivity index (χ1) is 20.2. The molecule has 5 rings (SSSR count). The van der Waals surface area contributed by atoms with Gasteiger partial charge in [-0.15, -0.1) is 0 Å². The van der Waals surface area contributed by atoms with E-state index in [1.54, 1.807) is 41.3 Å². The first-order valence-corrected chi connectivity index (χ1v) is 15.6. The van der Waals surface area contributed by atoms with Crippen molar-refractivity contribution in [3.63, 3.8) is 0 Å². The van der Waals surface area contributed by atoms with Gasteiger partial charge >= 0.3 is 0 Å². The van der Waals surface area contributed by atoms with E-state index in [4.69, 9.17) is 14.5 Å². The smallest absolute Gasteiger partial charge is 0.243 e. The average molecular weight is 591 g/mol. The van der Waals surface area contributed by atoms with Crippen LogP contribution in [0, 0.1) is 0 Å². The van der Waals surface area contributed by atoms with E-state index in [0.717, 1.165) is 35.4 Å². The normalized spacial score (nSPS) is 16.9. The summed E-state index contributed by atoms with van der Waals surface area (Å²) in [6.07, 6.45) is 4.01. The summed E-state index contributed by atoms with van der Waals surface area (Å²) < 4.78 is 37.4. The molecule has 1 N–H and O–H groups in total. The maximum atomic E-state index is 13.3. The van der Waals surface area contributed by atoms with Crippen LogP contribution in [0.3, 0.4) is 0 Å². The molecule has 42 heavy (non-hydrogen) atoms. The molecule has 2 heterocycles. The van der Waals surface area contributed by atoms with Gasteiger partial charge in [0, 0.05) is 24.8 Å². The number of anilines is 2. The van der Waals surface area contributed by atoms with Crippen LogP contribution in [0.2, 0.25) is 0 Å². The molecule has 0 aliphatic carbocycles. The fraction of sp³-hybridized carbons (Fsp3) is 0.323. The van der Waals surface area contributed by atoms with E-state index >= 15 is 0 Å². The number of carbonyl (C=O) groups is 2. The molecule has 1 fully saturated rings. The van der Waals surface area contributed by atoms with Gasteiger partial charge in [0.15, 0.2) is 11.5 Å². The van der Waals surface area contributed by atoms with Gasteiger partial charge in [-0.25, -0.2) is 8.42 Å². The number of likely N-dealkylation sites (tertiary alicyclic amines) is 1. The lowest BCUT2D eigenvalue weighted by Crippen LogP contribution is -2.44. The summed E-state index contributed by atoms with van der Waals surface area (Å²) >= 11 is 0. The Morgan fingerprint density at radius 3 is 2.24 bits per heavy atom. The minimum absolute atomic E-state index is 0.216. The molecule has 2 aliphatic rings. The van der Waals surface area contributed by atoms with Gasteiger partial charge in [-0.3, -0.25) is 18.9 Å². The predicted octanol–water partition coefficient (Wildman–Crippen LogP) is 4.34. The molecule has 0 saturated carbocycles. The van der Waals surface area contributed by atoms with E-state index in [9.17, 15) is 18.0 Å². The first-order valence-electron chi connectivity index (χ1n) is 13.8. The molecule has 0 aromatic heterocycles. The predicted molar refractivity (Wildman–Crippen MR) is 163 cm³/mol. The highest BCUT2D eigenvalue weighted by Crippen LogP contribution is 2.42. The fourth-order valence-corrected chi connectivity index (χ4v) is 6.21. The Bertz CT molecular complexity index is 1600. The highest BCUT2D eigenvalue weighted by Gasteiger charge is 2.37. The van der Waals surface area contributed by atoms with Crippen molar-refractivity contribution in [2.24, 2.45) is 4.99 Å². The summed E-state index contributed by atoms with van der Waals surface area (Å²) in [5.74, 6) is -0.184. The lowest BCUT2D eigenvalue weighted by Gasteiger charge is -2.30. The molecule has 3 aromatic carbocycles. The van der Waals surface area contributed by atoms with Crippen molar-refractivity contribution in [3.8, 4) is 11.5 Å². The standard InChI is InChI=1S/C31H34N4O6S/c1-40-26-18-24-25(19-27(26)41-2)33-31(37)29(24)30(21-10-6-4-7-11-21)32-22-12-14-23(15-13-22)35(42(3,38)39)20-28(36)34-16-8-5-9-17-34/h4,6-7,10-15,18-19,29H,5,8-9,16-17,20H2,1-3H3,(H,33,37). The summed E-state index contributed by atoms with van der Waals surface area (Å²) in [6.45, 7) is 1.02. The number of rotatable bonds is 9. The number of carbonyl (C=O) groups excluding carboxylic acids is 2. The Morgan fingerprint density at radius 1 is 0.976 bits per heavy atom.